The number of hydrogen-bond acceptors (Lipinski definition) is 2. The molecule has 0 bridgehead atoms. The van der Waals surface area contributed by atoms with Crippen LogP contribution in [0.3, 0.4) is 0 Å². The van der Waals surface area contributed by atoms with Crippen LogP contribution in [0.4, 0.5) is 0 Å². The van der Waals surface area contributed by atoms with Crippen molar-refractivity contribution < 1.29 is 4.79 Å². The molecule has 136 valence electrons. The fourth-order valence-electron chi connectivity index (χ4n) is 3.39. The molecule has 1 amide bonds. The lowest BCUT2D eigenvalue weighted by atomic mass is 10.1. The van der Waals surface area contributed by atoms with Crippen LogP contribution in [0.25, 0.3) is 10.2 Å². The van der Waals surface area contributed by atoms with Gasteiger partial charge in [-0.25, -0.2) is 0 Å². The highest BCUT2D eigenvalue weighted by Crippen LogP contribution is 2.27. The fraction of sp³-hybridized carbons (Fsp3) is 0.174. The SMILES string of the molecule is Cc1ccccc1Cn1c(C(=O)NC(C)c2ccccc2)cc2sccc21. The summed E-state index contributed by atoms with van der Waals surface area (Å²) >= 11 is 1.67. The number of rotatable bonds is 5. The van der Waals surface area contributed by atoms with E-state index < -0.39 is 0 Å². The van der Waals surface area contributed by atoms with E-state index in [1.54, 1.807) is 11.3 Å². The molecule has 4 rings (SSSR count). The van der Waals surface area contributed by atoms with Gasteiger partial charge in [0.15, 0.2) is 0 Å². The lowest BCUT2D eigenvalue weighted by molar-refractivity contribution is 0.0931. The van der Waals surface area contributed by atoms with E-state index in [0.717, 1.165) is 15.8 Å². The Morgan fingerprint density at radius 3 is 2.59 bits per heavy atom. The average Bonchev–Trinajstić information content (AvgIpc) is 3.27. The third kappa shape index (κ3) is 3.53. The summed E-state index contributed by atoms with van der Waals surface area (Å²) in [6, 6.07) is 22.4. The van der Waals surface area contributed by atoms with Gasteiger partial charge in [0.25, 0.3) is 5.91 Å². The lowest BCUT2D eigenvalue weighted by Crippen LogP contribution is -2.28. The first-order valence-corrected chi connectivity index (χ1v) is 9.98. The molecule has 0 fully saturated rings. The van der Waals surface area contributed by atoms with Crippen molar-refractivity contribution in [3.05, 3.63) is 94.5 Å². The standard InChI is InChI=1S/C23H22N2OS/c1-16-8-6-7-11-19(16)15-25-20-12-13-27-22(20)14-21(25)23(26)24-17(2)18-9-4-3-5-10-18/h3-14,17H,15H2,1-2H3,(H,24,26). The second-order valence-corrected chi connectivity index (χ2v) is 7.77. The number of benzene rings is 2. The van der Waals surface area contributed by atoms with Gasteiger partial charge in [-0.15, -0.1) is 11.3 Å². The van der Waals surface area contributed by atoms with Crippen LogP contribution in [0.1, 0.15) is 40.1 Å². The van der Waals surface area contributed by atoms with Gasteiger partial charge in [0.2, 0.25) is 0 Å². The average molecular weight is 375 g/mol. The number of aryl methyl sites for hydroxylation is 1. The number of fused-ring (bicyclic) bond motifs is 1. The Hall–Kier alpha value is -2.85. The Kier molecular flexibility index (Phi) is 4.82. The summed E-state index contributed by atoms with van der Waals surface area (Å²) in [4.78, 5) is 13.1. The minimum atomic E-state index is -0.0430. The molecule has 2 heterocycles. The zero-order valence-corrected chi connectivity index (χ0v) is 16.3. The fourth-order valence-corrected chi connectivity index (χ4v) is 4.21. The molecule has 4 heteroatoms. The second kappa shape index (κ2) is 7.41. The van der Waals surface area contributed by atoms with Crippen LogP contribution in [-0.2, 0) is 6.54 Å². The molecule has 0 aliphatic rings. The van der Waals surface area contributed by atoms with Crippen LogP contribution in [0.15, 0.2) is 72.1 Å². The summed E-state index contributed by atoms with van der Waals surface area (Å²) in [5.41, 5.74) is 5.39. The normalized spacial score (nSPS) is 12.2. The smallest absolute Gasteiger partial charge is 0.268 e. The first kappa shape index (κ1) is 17.6. The summed E-state index contributed by atoms with van der Waals surface area (Å²) in [6.07, 6.45) is 0. The number of carbonyl (C=O) groups excluding carboxylic acids is 1. The molecule has 2 aromatic carbocycles. The van der Waals surface area contributed by atoms with Crippen LogP contribution in [-0.4, -0.2) is 10.5 Å². The molecule has 1 unspecified atom stereocenters. The van der Waals surface area contributed by atoms with Crippen LogP contribution in [0.2, 0.25) is 0 Å². The van der Waals surface area contributed by atoms with E-state index >= 15 is 0 Å². The van der Waals surface area contributed by atoms with Crippen LogP contribution in [0, 0.1) is 6.92 Å². The van der Waals surface area contributed by atoms with Gasteiger partial charge in [-0.2, -0.15) is 0 Å². The predicted molar refractivity (Wildman–Crippen MR) is 112 cm³/mol. The van der Waals surface area contributed by atoms with E-state index in [1.165, 1.54) is 11.1 Å². The van der Waals surface area contributed by atoms with Crippen molar-refractivity contribution in [1.29, 1.82) is 0 Å². The maximum absolute atomic E-state index is 13.1. The molecule has 2 aromatic heterocycles. The van der Waals surface area contributed by atoms with Crippen LogP contribution < -0.4 is 5.32 Å². The summed E-state index contributed by atoms with van der Waals surface area (Å²) in [5, 5.41) is 5.23. The summed E-state index contributed by atoms with van der Waals surface area (Å²) in [6.45, 7) is 4.82. The van der Waals surface area contributed by atoms with E-state index in [1.807, 2.05) is 55.5 Å². The Labute approximate surface area is 163 Å². The molecule has 0 saturated heterocycles. The van der Waals surface area contributed by atoms with Crippen molar-refractivity contribution in [1.82, 2.24) is 9.88 Å². The molecular weight excluding hydrogens is 352 g/mol. The van der Waals surface area contributed by atoms with Gasteiger partial charge < -0.3 is 9.88 Å². The number of hydrogen-bond donors (Lipinski definition) is 1. The first-order valence-electron chi connectivity index (χ1n) is 9.10. The van der Waals surface area contributed by atoms with Crippen LogP contribution in [0.5, 0.6) is 0 Å². The van der Waals surface area contributed by atoms with Gasteiger partial charge in [0.05, 0.1) is 16.3 Å². The summed E-state index contributed by atoms with van der Waals surface area (Å²) < 4.78 is 3.27. The maximum Gasteiger partial charge on any atom is 0.268 e. The van der Waals surface area contributed by atoms with E-state index in [4.69, 9.17) is 0 Å². The highest BCUT2D eigenvalue weighted by molar-refractivity contribution is 7.17. The lowest BCUT2D eigenvalue weighted by Gasteiger charge is -2.16. The second-order valence-electron chi connectivity index (χ2n) is 6.82. The number of carbonyl (C=O) groups is 1. The quantitative estimate of drug-likeness (QED) is 0.488. The number of nitrogens with zero attached hydrogens (tertiary/aromatic N) is 1. The van der Waals surface area contributed by atoms with E-state index in [2.05, 4.69) is 40.4 Å². The molecule has 1 atom stereocenters. The highest BCUT2D eigenvalue weighted by atomic mass is 32.1. The van der Waals surface area contributed by atoms with Crippen molar-refractivity contribution in [2.24, 2.45) is 0 Å². The monoisotopic (exact) mass is 374 g/mol. The van der Waals surface area contributed by atoms with Crippen molar-refractivity contribution in [2.75, 3.05) is 0 Å². The topological polar surface area (TPSA) is 34.0 Å². The molecule has 0 saturated carbocycles. The summed E-state index contributed by atoms with van der Waals surface area (Å²) in [7, 11) is 0. The number of aromatic nitrogens is 1. The van der Waals surface area contributed by atoms with Crippen LogP contribution >= 0.6 is 11.3 Å². The van der Waals surface area contributed by atoms with E-state index in [9.17, 15) is 4.79 Å². The van der Waals surface area contributed by atoms with Crippen molar-refractivity contribution >= 4 is 27.5 Å². The summed E-state index contributed by atoms with van der Waals surface area (Å²) in [5.74, 6) is -0.0386. The van der Waals surface area contributed by atoms with E-state index in [0.29, 0.717) is 12.2 Å². The van der Waals surface area contributed by atoms with Gasteiger partial charge in [-0.1, -0.05) is 54.6 Å². The molecule has 3 nitrogen and oxygen atoms in total. The Bertz CT molecular complexity index is 1080. The predicted octanol–water partition coefficient (Wildman–Crippen LogP) is 5.55. The molecule has 0 aliphatic carbocycles. The third-order valence-corrected chi connectivity index (χ3v) is 5.85. The van der Waals surface area contributed by atoms with Crippen molar-refractivity contribution in [3.63, 3.8) is 0 Å². The number of nitrogens with one attached hydrogen (secondary N) is 1. The van der Waals surface area contributed by atoms with Crippen molar-refractivity contribution in [2.45, 2.75) is 26.4 Å². The number of thiophene rings is 1. The Balaban J connectivity index is 1.66. The highest BCUT2D eigenvalue weighted by Gasteiger charge is 2.19. The first-order chi connectivity index (χ1) is 13.1. The molecule has 0 radical (unpaired) electrons. The van der Waals surface area contributed by atoms with Gasteiger partial charge in [0, 0.05) is 6.54 Å². The molecule has 0 spiro atoms. The zero-order valence-electron chi connectivity index (χ0n) is 15.5. The largest absolute Gasteiger partial charge is 0.344 e. The van der Waals surface area contributed by atoms with E-state index in [-0.39, 0.29) is 11.9 Å². The molecular formula is C23H22N2OS. The maximum atomic E-state index is 13.1. The molecule has 0 aliphatic heterocycles. The van der Waals surface area contributed by atoms with Gasteiger partial charge >= 0.3 is 0 Å². The van der Waals surface area contributed by atoms with Gasteiger partial charge in [-0.05, 0) is 48.1 Å². The Morgan fingerprint density at radius 2 is 1.81 bits per heavy atom. The minimum Gasteiger partial charge on any atom is -0.344 e. The zero-order chi connectivity index (χ0) is 18.8. The molecule has 4 aromatic rings. The number of amides is 1. The minimum absolute atomic E-state index is 0.0386. The Morgan fingerprint density at radius 1 is 1.07 bits per heavy atom. The van der Waals surface area contributed by atoms with Gasteiger partial charge in [0.1, 0.15) is 5.69 Å². The molecule has 1 N–H and O–H groups in total. The molecule has 27 heavy (non-hydrogen) atoms. The van der Waals surface area contributed by atoms with Crippen molar-refractivity contribution in [3.8, 4) is 0 Å². The third-order valence-electron chi connectivity index (χ3n) is 4.99. The van der Waals surface area contributed by atoms with Gasteiger partial charge in [-0.3, -0.25) is 4.79 Å².